The van der Waals surface area contributed by atoms with E-state index in [1.807, 2.05) is 160 Å². The number of nitrogens with zero attached hydrogens (tertiary/aromatic N) is 1. The monoisotopic (exact) mass is 1860 g/mol. The maximum atomic E-state index is 13.0. The van der Waals surface area contributed by atoms with Crippen LogP contribution in [0.3, 0.4) is 0 Å². The van der Waals surface area contributed by atoms with Crippen LogP contribution in [0.25, 0.3) is 10.8 Å². The summed E-state index contributed by atoms with van der Waals surface area (Å²) in [4.78, 5) is 11.7. The number of rotatable bonds is 33. The molecule has 0 amide bonds. The first-order chi connectivity index (χ1) is 59.5. The number of hydrogen-bond donors (Lipinski definition) is 0. The van der Waals surface area contributed by atoms with E-state index in [-0.39, 0.29) is 41.6 Å². The van der Waals surface area contributed by atoms with Crippen LogP contribution >= 0.6 is 0 Å². The number of ether oxygens (including phenoxy) is 12. The zero-order valence-corrected chi connectivity index (χ0v) is 78.0. The van der Waals surface area contributed by atoms with Gasteiger partial charge in [-0.2, -0.15) is 6.58 Å². The van der Waals surface area contributed by atoms with Crippen LogP contribution in [0.15, 0.2) is 218 Å². The van der Waals surface area contributed by atoms with Gasteiger partial charge >= 0.3 is 113 Å². The van der Waals surface area contributed by atoms with E-state index in [0.717, 1.165) is 83.5 Å². The predicted octanol–water partition coefficient (Wildman–Crippen LogP) is 14.8. The molecule has 0 atom stereocenters. The Hall–Kier alpha value is -12.1. The summed E-state index contributed by atoms with van der Waals surface area (Å²) in [7, 11) is 19.8. The second kappa shape index (κ2) is 75.8. The smallest absolute Gasteiger partial charge is 0.305 e. The van der Waals surface area contributed by atoms with Gasteiger partial charge in [0.05, 0.1) is 20.0 Å². The van der Waals surface area contributed by atoms with Crippen molar-refractivity contribution in [2.24, 2.45) is 0 Å². The van der Waals surface area contributed by atoms with E-state index in [1.165, 1.54) is 73.3 Å². The molecule has 678 valence electrons. The van der Waals surface area contributed by atoms with Gasteiger partial charge in [-0.25, -0.2) is 8.78 Å². The van der Waals surface area contributed by atoms with Gasteiger partial charge in [-0.3, -0.25) is 40.2 Å². The predicted molar refractivity (Wildman–Crippen MR) is 483 cm³/mol. The van der Waals surface area contributed by atoms with E-state index >= 15 is 0 Å². The van der Waals surface area contributed by atoms with Crippen molar-refractivity contribution >= 4 is 128 Å². The third-order valence-corrected chi connectivity index (χ3v) is 19.6. The first kappa shape index (κ1) is 118. The van der Waals surface area contributed by atoms with Gasteiger partial charge in [0.25, 0.3) is 6.29 Å². The van der Waals surface area contributed by atoms with E-state index in [9.17, 15) is 23.1 Å². The van der Waals surface area contributed by atoms with Crippen molar-refractivity contribution in [2.75, 3.05) is 97.3 Å². The molecule has 30 heteroatoms. The minimum Gasteiger partial charge on any atom is -0.469 e. The Morgan fingerprint density at radius 1 is 0.460 bits per heavy atom. The van der Waals surface area contributed by atoms with Crippen LogP contribution in [0.2, 0.25) is 5.82 Å². The fourth-order valence-electron chi connectivity index (χ4n) is 8.39. The molecular formula is C94H120F3NO24Se2. The molecule has 8 aromatic carbocycles. The van der Waals surface area contributed by atoms with Crippen molar-refractivity contribution in [1.82, 2.24) is 0 Å². The summed E-state index contributed by atoms with van der Waals surface area (Å²) in [5.74, 6) is 0.847. The van der Waals surface area contributed by atoms with E-state index in [1.54, 1.807) is 76.9 Å². The van der Waals surface area contributed by atoms with Crippen LogP contribution in [0.1, 0.15) is 86.4 Å². The third kappa shape index (κ3) is 51.0. The quantitative estimate of drug-likeness (QED) is 0.0122. The number of methoxy groups -OCH3 is 12. The number of para-hydroxylation sites is 1. The summed E-state index contributed by atoms with van der Waals surface area (Å²) >= 11 is 1.34. The first-order valence-electron chi connectivity index (χ1n) is 36.1. The number of carbonyl (C=O) groups excluding carboxylic acids is 11. The number of aryl methyl sites for hydroxylation is 1. The molecule has 0 heterocycles. The van der Waals surface area contributed by atoms with E-state index < -0.39 is 11.6 Å². The van der Waals surface area contributed by atoms with Gasteiger partial charge in [0, 0.05) is 101 Å². The average Bonchev–Trinajstić information content (AvgIpc) is 0.815. The van der Waals surface area contributed by atoms with Crippen LogP contribution < -0.4 is 14.7 Å². The SMILES string of the molecule is C=[O+]C(OC)=C(C)[O-].C=[O+][C-](CC)OC.C=[O+][C-](OC)C(=C)C.C=[O+][C-](OC)N(C)c1ccccc1.C=[O+][C-](OC)c1ccc(C)cc1.C=[O+][C-](OC)c1ccc(F)cc1.C=[O+][C-](OC)c1ccc(F)cc1F.C=[O+][C-](OC)c1ccc(OC)cc1.C=[O+][C-](OC)c1cccc2ccccc12.C=[O+][C-](OC)c1ccccc1.C=[Se]=C(C)[Se]C.CCC(=O)OC. The minimum atomic E-state index is -0.750. The molecule has 0 radical (unpaired) electrons. The summed E-state index contributed by atoms with van der Waals surface area (Å²) in [5, 5.41) is 12.5. The van der Waals surface area contributed by atoms with Crippen molar-refractivity contribution in [1.29, 1.82) is 0 Å². The van der Waals surface area contributed by atoms with Crippen molar-refractivity contribution < 1.29 is 124 Å². The zero-order chi connectivity index (χ0) is 94.8. The Bertz CT molecular complexity index is 4260. The zero-order valence-electron chi connectivity index (χ0n) is 74.6. The fourth-order valence-corrected chi connectivity index (χ4v) is 9.92. The molecule has 124 heavy (non-hydrogen) atoms. The van der Waals surface area contributed by atoms with Gasteiger partial charge < -0.3 is 80.1 Å². The summed E-state index contributed by atoms with van der Waals surface area (Å²) in [5.41, 5.74) is 11.0. The Morgan fingerprint density at radius 3 is 1.18 bits per heavy atom. The van der Waals surface area contributed by atoms with Crippen molar-refractivity contribution in [2.45, 2.75) is 60.2 Å². The molecule has 0 spiro atoms. The molecule has 0 fully saturated rings. The molecule has 8 aromatic rings. The fraction of sp³-hybridized carbons (Fsp3) is 0.234. The average molecular weight is 1860 g/mol. The Morgan fingerprint density at radius 2 is 0.879 bits per heavy atom. The summed E-state index contributed by atoms with van der Waals surface area (Å²) in [6, 6.07) is 57.3. The number of carbonyl (C=O) groups is 1. The molecule has 0 aliphatic carbocycles. The number of hydrogen-bond acceptors (Lipinski definition) is 15. The van der Waals surface area contributed by atoms with Crippen molar-refractivity contribution in [3.05, 3.63) is 331 Å². The Balaban J connectivity index is -0.000000640. The molecule has 0 bridgehead atoms. The number of allylic oxidation sites excluding steroid dienone is 1. The van der Waals surface area contributed by atoms with Gasteiger partial charge in [-0.05, 0) is 65.4 Å². The van der Waals surface area contributed by atoms with Crippen molar-refractivity contribution in [3.8, 4) is 5.75 Å². The van der Waals surface area contributed by atoms with Crippen LogP contribution in [0, 0.1) is 81.1 Å². The molecule has 0 saturated carbocycles. The number of fused-ring (bicyclic) bond motifs is 1. The maximum absolute atomic E-state index is 13.0. The Kier molecular flexibility index (Phi) is 72.3. The van der Waals surface area contributed by atoms with Gasteiger partial charge in [0.1, 0.15) is 31.0 Å². The molecule has 25 nitrogen and oxygen atoms in total. The number of esters is 1. The molecule has 0 saturated heterocycles. The standard InChI is InChI=1S/C13H12O2.C10H13NO2.C10H12O3.C10H12O2.C9H8F2O2.C9H9FO2.C9H10O2.C6H10O2.C5H8O3.C5H10O2.C4H8O2.C4H8Se2/c1-14-13(15-2)12-9-5-7-10-6-3-4-8-11(10)12;1-11(10(12-2)13-3)9-7-5-4-6-8-9;1-11-9-6-4-8(5-7-9)10(12-2)13-3;1-8-4-6-9(7-5-8)10(11-2)12-3;1-12-9(13-2)7-4-3-6(10)5-8(7)11;1-11-9(12-2)7-3-5-8(10)6-4-7;1-10-9(11-2)8-6-4-3-5-7-8;1-5(2)6(7-3)8-4;1-4(6)5(7-2)8-3;1-4-5(6-2)7-3;1-3-4(5)6-2;1-4(5-2)6-3/h3-9H,1H2,2H3;4-8H,2H2,1,3H3;4-7H,2H2,1,3H3;4-7H,2H2,1,3H3;3-5H,1H2,2H3;3-6H,1H2,2H3;3-7H,1H2,2H3;1,3H2,2,4H3;2H2,1,3H3;2,4H2,1,3H3;3H2,1-2H3;2H2,1,3H3. The topological polar surface area (TPSA) is 267 Å². The van der Waals surface area contributed by atoms with Crippen LogP contribution in [-0.2, 0) is 101 Å². The largest absolute Gasteiger partial charge is 0.469 e. The molecular weight excluding hydrogens is 1740 g/mol. The third-order valence-electron chi connectivity index (χ3n) is 14.4. The van der Waals surface area contributed by atoms with E-state index in [0.29, 0.717) is 70.2 Å². The van der Waals surface area contributed by atoms with Gasteiger partial charge in [-0.15, -0.1) is 91.0 Å². The summed E-state index contributed by atoms with van der Waals surface area (Å²) in [6.07, 6.45) is 4.44. The molecule has 0 unspecified atom stereocenters. The van der Waals surface area contributed by atoms with E-state index in [4.69, 9.17) is 60.0 Å². The minimum absolute atomic E-state index is 0.0406. The van der Waals surface area contributed by atoms with Gasteiger partial charge in [0.15, 0.2) is 20.7 Å². The van der Waals surface area contributed by atoms with Crippen LogP contribution in [-0.4, -0.2) is 204 Å². The van der Waals surface area contributed by atoms with Gasteiger partial charge in [-0.1, -0.05) is 122 Å². The molecule has 0 aliphatic rings. The second-order valence-corrected chi connectivity index (χ2v) is 27.7. The van der Waals surface area contributed by atoms with Crippen LogP contribution in [0.5, 0.6) is 5.75 Å². The van der Waals surface area contributed by atoms with Crippen LogP contribution in [0.4, 0.5) is 18.9 Å². The maximum Gasteiger partial charge on any atom is 0.305 e. The molecule has 8 rings (SSSR count). The number of halogens is 3. The van der Waals surface area contributed by atoms with Crippen molar-refractivity contribution in [3.63, 3.8) is 0 Å². The molecule has 0 aromatic heterocycles. The van der Waals surface area contributed by atoms with Gasteiger partial charge in [0.2, 0.25) is 40.7 Å². The first-order valence-corrected chi connectivity index (χ1v) is 40.7. The normalized spacial score (nSPS) is 9.41. The molecule has 0 aliphatic heterocycles. The molecule has 0 N–H and O–H groups in total. The summed E-state index contributed by atoms with van der Waals surface area (Å²) in [6.45, 7) is 46.7. The second-order valence-electron chi connectivity index (χ2n) is 22.4. The number of benzene rings is 8. The summed E-state index contributed by atoms with van der Waals surface area (Å²) < 4.78 is 143. The van der Waals surface area contributed by atoms with E-state index in [2.05, 4.69) is 146 Å². The Labute approximate surface area is 742 Å². The number of anilines is 1.